The van der Waals surface area contributed by atoms with E-state index in [2.05, 4.69) is 15.4 Å². The number of rotatable bonds is 1. The van der Waals surface area contributed by atoms with Crippen molar-refractivity contribution in [3.8, 4) is 0 Å². The number of aromatic amines is 1. The van der Waals surface area contributed by atoms with Gasteiger partial charge in [0.05, 0.1) is 5.56 Å². The fraction of sp³-hybridized carbons (Fsp3) is 0.364. The van der Waals surface area contributed by atoms with Crippen LogP contribution in [0, 0.1) is 20.8 Å². The van der Waals surface area contributed by atoms with E-state index in [0.717, 1.165) is 22.2 Å². The van der Waals surface area contributed by atoms with Gasteiger partial charge >= 0.3 is 0 Å². The molecule has 2 rings (SSSR count). The number of hydrogen-bond acceptors (Lipinski definition) is 3. The average Bonchev–Trinajstić information content (AvgIpc) is 2.62. The summed E-state index contributed by atoms with van der Waals surface area (Å²) in [5.41, 5.74) is 5.36. The number of Topliss-reactive ketones (excluding diaryl/α,β-unsaturated/α-hetero) is 1. The van der Waals surface area contributed by atoms with Gasteiger partial charge in [0, 0.05) is 0 Å². The van der Waals surface area contributed by atoms with E-state index in [-0.39, 0.29) is 5.78 Å². The van der Waals surface area contributed by atoms with Gasteiger partial charge in [-0.1, -0.05) is 0 Å². The lowest BCUT2D eigenvalue weighted by molar-refractivity contribution is 0.101. The van der Waals surface area contributed by atoms with Crippen LogP contribution in [-0.2, 0) is 0 Å². The van der Waals surface area contributed by atoms with E-state index in [1.807, 2.05) is 20.8 Å². The van der Waals surface area contributed by atoms with Crippen LogP contribution in [0.5, 0.6) is 0 Å². The molecular weight excluding hydrogens is 190 g/mol. The molecule has 0 atom stereocenters. The summed E-state index contributed by atoms with van der Waals surface area (Å²) in [6, 6.07) is 0. The standard InChI is InChI=1S/C11H13N3O/c1-5-6(2)9(8(4)15)11-10(7(5)3)12-14-13-11/h1-4H3,(H,12,13,14). The first-order chi connectivity index (χ1) is 7.04. The second-order valence-electron chi connectivity index (χ2n) is 3.83. The number of carbonyl (C=O) groups is 1. The highest BCUT2D eigenvalue weighted by atomic mass is 16.1. The largest absolute Gasteiger partial charge is 0.294 e. The molecule has 0 amide bonds. The van der Waals surface area contributed by atoms with Crippen molar-refractivity contribution in [2.75, 3.05) is 0 Å². The maximum atomic E-state index is 11.6. The highest BCUT2D eigenvalue weighted by Crippen LogP contribution is 2.26. The van der Waals surface area contributed by atoms with Crippen LogP contribution < -0.4 is 0 Å². The highest BCUT2D eigenvalue weighted by Gasteiger charge is 2.17. The average molecular weight is 203 g/mol. The molecule has 1 N–H and O–H groups in total. The minimum absolute atomic E-state index is 0.0366. The lowest BCUT2D eigenvalue weighted by Crippen LogP contribution is -2.02. The van der Waals surface area contributed by atoms with Crippen LogP contribution in [0.3, 0.4) is 0 Å². The van der Waals surface area contributed by atoms with Gasteiger partial charge in [-0.15, -0.1) is 0 Å². The van der Waals surface area contributed by atoms with Crippen molar-refractivity contribution in [2.24, 2.45) is 0 Å². The molecule has 0 saturated carbocycles. The summed E-state index contributed by atoms with van der Waals surface area (Å²) in [5.74, 6) is 0.0366. The Kier molecular flexibility index (Phi) is 2.07. The lowest BCUT2D eigenvalue weighted by atomic mass is 9.95. The Morgan fingerprint density at radius 2 is 1.60 bits per heavy atom. The van der Waals surface area contributed by atoms with Gasteiger partial charge < -0.3 is 0 Å². The van der Waals surface area contributed by atoms with Gasteiger partial charge in [0.15, 0.2) is 5.78 Å². The van der Waals surface area contributed by atoms with Crippen molar-refractivity contribution in [1.29, 1.82) is 0 Å². The smallest absolute Gasteiger partial charge is 0.162 e. The molecule has 15 heavy (non-hydrogen) atoms. The zero-order valence-corrected chi connectivity index (χ0v) is 9.30. The maximum absolute atomic E-state index is 11.6. The summed E-state index contributed by atoms with van der Waals surface area (Å²) in [6.45, 7) is 7.51. The number of carbonyl (C=O) groups excluding carboxylic acids is 1. The third-order valence-electron chi connectivity index (χ3n) is 2.99. The SMILES string of the molecule is CC(=O)c1c(C)c(C)c(C)c2n[nH]nc12. The molecule has 0 aliphatic heterocycles. The Bertz CT molecular complexity index is 554. The van der Waals surface area contributed by atoms with Crippen molar-refractivity contribution in [3.63, 3.8) is 0 Å². The number of benzene rings is 1. The van der Waals surface area contributed by atoms with Crippen LogP contribution in [0.25, 0.3) is 11.0 Å². The monoisotopic (exact) mass is 203 g/mol. The first kappa shape index (κ1) is 9.83. The van der Waals surface area contributed by atoms with E-state index in [1.54, 1.807) is 6.92 Å². The topological polar surface area (TPSA) is 58.6 Å². The zero-order valence-electron chi connectivity index (χ0n) is 9.30. The zero-order chi connectivity index (χ0) is 11.2. The molecule has 1 heterocycles. The molecule has 0 saturated heterocycles. The Labute approximate surface area is 87.7 Å². The number of ketones is 1. The summed E-state index contributed by atoms with van der Waals surface area (Å²) >= 11 is 0. The van der Waals surface area contributed by atoms with Crippen LogP contribution in [0.4, 0.5) is 0 Å². The third-order valence-corrected chi connectivity index (χ3v) is 2.99. The quantitative estimate of drug-likeness (QED) is 0.722. The van der Waals surface area contributed by atoms with Crippen molar-refractivity contribution in [3.05, 3.63) is 22.3 Å². The van der Waals surface area contributed by atoms with E-state index in [4.69, 9.17) is 0 Å². The predicted octanol–water partition coefficient (Wildman–Crippen LogP) is 2.09. The van der Waals surface area contributed by atoms with Crippen molar-refractivity contribution < 1.29 is 4.79 Å². The van der Waals surface area contributed by atoms with Gasteiger partial charge in [-0.2, -0.15) is 15.4 Å². The molecule has 4 nitrogen and oxygen atoms in total. The van der Waals surface area contributed by atoms with Gasteiger partial charge in [0.2, 0.25) is 0 Å². The molecule has 0 spiro atoms. The van der Waals surface area contributed by atoms with Gasteiger partial charge in [-0.3, -0.25) is 4.79 Å². The summed E-state index contributed by atoms with van der Waals surface area (Å²) in [6.07, 6.45) is 0. The van der Waals surface area contributed by atoms with E-state index >= 15 is 0 Å². The molecular formula is C11H13N3O. The maximum Gasteiger partial charge on any atom is 0.162 e. The van der Waals surface area contributed by atoms with E-state index in [1.165, 1.54) is 0 Å². The first-order valence-corrected chi connectivity index (χ1v) is 4.85. The Hall–Kier alpha value is -1.71. The first-order valence-electron chi connectivity index (χ1n) is 4.85. The normalized spacial score (nSPS) is 10.9. The number of hydrogen-bond donors (Lipinski definition) is 1. The predicted molar refractivity (Wildman–Crippen MR) is 58.1 cm³/mol. The van der Waals surface area contributed by atoms with E-state index < -0.39 is 0 Å². The number of fused-ring (bicyclic) bond motifs is 1. The van der Waals surface area contributed by atoms with Gasteiger partial charge in [0.1, 0.15) is 11.0 Å². The molecule has 0 fully saturated rings. The Balaban J connectivity index is 3.01. The minimum atomic E-state index is 0.0366. The summed E-state index contributed by atoms with van der Waals surface area (Å²) in [5, 5.41) is 10.7. The third kappa shape index (κ3) is 1.25. The summed E-state index contributed by atoms with van der Waals surface area (Å²) < 4.78 is 0. The number of nitrogens with zero attached hydrogens (tertiary/aromatic N) is 2. The molecule has 0 radical (unpaired) electrons. The molecule has 1 aromatic carbocycles. The number of nitrogens with one attached hydrogen (secondary N) is 1. The van der Waals surface area contributed by atoms with Gasteiger partial charge in [-0.25, -0.2) is 0 Å². The summed E-state index contributed by atoms with van der Waals surface area (Å²) in [4.78, 5) is 11.6. The molecule has 1 aromatic heterocycles. The second-order valence-corrected chi connectivity index (χ2v) is 3.83. The Morgan fingerprint density at radius 1 is 1.00 bits per heavy atom. The highest BCUT2D eigenvalue weighted by molar-refractivity contribution is 6.07. The minimum Gasteiger partial charge on any atom is -0.294 e. The van der Waals surface area contributed by atoms with Crippen molar-refractivity contribution in [2.45, 2.75) is 27.7 Å². The van der Waals surface area contributed by atoms with Crippen LogP contribution in [0.1, 0.15) is 34.0 Å². The van der Waals surface area contributed by atoms with E-state index in [9.17, 15) is 4.79 Å². The Morgan fingerprint density at radius 3 is 2.20 bits per heavy atom. The molecule has 0 aliphatic carbocycles. The molecule has 78 valence electrons. The van der Waals surface area contributed by atoms with Crippen LogP contribution in [0.15, 0.2) is 0 Å². The molecule has 0 aliphatic rings. The second kappa shape index (κ2) is 3.15. The van der Waals surface area contributed by atoms with Crippen LogP contribution >= 0.6 is 0 Å². The van der Waals surface area contributed by atoms with E-state index in [0.29, 0.717) is 11.1 Å². The fourth-order valence-electron chi connectivity index (χ4n) is 1.92. The lowest BCUT2D eigenvalue weighted by Gasteiger charge is -2.09. The molecule has 2 aromatic rings. The van der Waals surface area contributed by atoms with Gasteiger partial charge in [-0.05, 0) is 44.4 Å². The molecule has 0 bridgehead atoms. The number of H-pyrrole nitrogens is 1. The van der Waals surface area contributed by atoms with Gasteiger partial charge in [0.25, 0.3) is 0 Å². The summed E-state index contributed by atoms with van der Waals surface area (Å²) in [7, 11) is 0. The van der Waals surface area contributed by atoms with Crippen molar-refractivity contribution >= 4 is 16.8 Å². The van der Waals surface area contributed by atoms with Crippen molar-refractivity contribution in [1.82, 2.24) is 15.4 Å². The van der Waals surface area contributed by atoms with Crippen LogP contribution in [0.2, 0.25) is 0 Å². The molecule has 0 unspecified atom stereocenters. The number of aromatic nitrogens is 3. The number of aryl methyl sites for hydroxylation is 1. The fourth-order valence-corrected chi connectivity index (χ4v) is 1.92. The van der Waals surface area contributed by atoms with Crippen LogP contribution in [-0.4, -0.2) is 21.2 Å². The molecule has 4 heteroatoms.